The number of hydrogen-bond donors (Lipinski definition) is 1. The molecule has 1 heterocycles. The summed E-state index contributed by atoms with van der Waals surface area (Å²) in [6, 6.07) is 10.1. The van der Waals surface area contributed by atoms with E-state index in [4.69, 9.17) is 5.26 Å². The molecule has 0 aliphatic carbocycles. The van der Waals surface area contributed by atoms with Crippen LogP contribution in [0.3, 0.4) is 0 Å². The number of rotatable bonds is 5. The summed E-state index contributed by atoms with van der Waals surface area (Å²) in [5.41, 5.74) is 5.40. The molecule has 4 nitrogen and oxygen atoms in total. The summed E-state index contributed by atoms with van der Waals surface area (Å²) in [6.07, 6.45) is 0. The number of benzene rings is 1. The van der Waals surface area contributed by atoms with Gasteiger partial charge >= 0.3 is 0 Å². The molecule has 2 aromatic rings. The number of aryl methyl sites for hydroxylation is 2. The van der Waals surface area contributed by atoms with E-state index in [1.54, 1.807) is 0 Å². The van der Waals surface area contributed by atoms with Crippen LogP contribution in [0, 0.1) is 25.2 Å². The Morgan fingerprint density at radius 1 is 1.38 bits per heavy atom. The molecule has 1 unspecified atom stereocenters. The van der Waals surface area contributed by atoms with Crippen molar-refractivity contribution < 1.29 is 0 Å². The van der Waals surface area contributed by atoms with Crippen molar-refractivity contribution in [3.63, 3.8) is 0 Å². The van der Waals surface area contributed by atoms with E-state index in [2.05, 4.69) is 44.2 Å². The first-order valence-corrected chi connectivity index (χ1v) is 7.33. The third-order valence-electron chi connectivity index (χ3n) is 3.84. The Hall–Kier alpha value is -2.12. The molecule has 110 valence electrons. The normalized spacial score (nSPS) is 12.1. The Bertz CT molecular complexity index is 664. The van der Waals surface area contributed by atoms with Crippen LogP contribution in [0.1, 0.15) is 48.0 Å². The van der Waals surface area contributed by atoms with Gasteiger partial charge in [0.25, 0.3) is 0 Å². The molecule has 1 N–H and O–H groups in total. The minimum absolute atomic E-state index is 0.232. The maximum absolute atomic E-state index is 8.94. The van der Waals surface area contributed by atoms with E-state index in [1.807, 2.05) is 28.9 Å². The van der Waals surface area contributed by atoms with Gasteiger partial charge < -0.3 is 5.32 Å². The first-order valence-electron chi connectivity index (χ1n) is 7.33. The highest BCUT2D eigenvalue weighted by atomic mass is 15.3. The van der Waals surface area contributed by atoms with Gasteiger partial charge in [-0.2, -0.15) is 10.4 Å². The molecule has 1 aromatic heterocycles. The lowest BCUT2D eigenvalue weighted by atomic mass is 10.1. The summed E-state index contributed by atoms with van der Waals surface area (Å²) in [6.45, 7) is 10.1. The van der Waals surface area contributed by atoms with Crippen molar-refractivity contribution in [3.05, 3.63) is 52.3 Å². The smallest absolute Gasteiger partial charge is 0.0991 e. The van der Waals surface area contributed by atoms with Crippen molar-refractivity contribution in [2.75, 3.05) is 0 Å². The average Bonchev–Trinajstić information content (AvgIpc) is 2.79. The standard InChI is InChI=1S/C17H22N4/c1-5-21-14(4)17(13(3)20-21)12(2)19-11-16-8-6-7-15(9-16)10-18/h6-9,12,19H,5,11H2,1-4H3. The molecule has 0 aliphatic rings. The molecule has 21 heavy (non-hydrogen) atoms. The summed E-state index contributed by atoms with van der Waals surface area (Å²) in [5, 5.41) is 17.0. The second kappa shape index (κ2) is 6.55. The maximum atomic E-state index is 8.94. The highest BCUT2D eigenvalue weighted by Gasteiger charge is 2.16. The minimum atomic E-state index is 0.232. The summed E-state index contributed by atoms with van der Waals surface area (Å²) >= 11 is 0. The highest BCUT2D eigenvalue weighted by molar-refractivity contribution is 5.33. The average molecular weight is 282 g/mol. The van der Waals surface area contributed by atoms with Gasteiger partial charge in [-0.3, -0.25) is 4.68 Å². The van der Waals surface area contributed by atoms with Crippen molar-refractivity contribution in [2.24, 2.45) is 0 Å². The van der Waals surface area contributed by atoms with Crippen LogP contribution in [-0.2, 0) is 13.1 Å². The van der Waals surface area contributed by atoms with Crippen LogP contribution >= 0.6 is 0 Å². The first-order chi connectivity index (χ1) is 10.1. The van der Waals surface area contributed by atoms with Gasteiger partial charge in [-0.15, -0.1) is 0 Å². The van der Waals surface area contributed by atoms with E-state index in [1.165, 1.54) is 11.3 Å². The van der Waals surface area contributed by atoms with Gasteiger partial charge in [0.05, 0.1) is 17.3 Å². The van der Waals surface area contributed by atoms with E-state index in [0.717, 1.165) is 24.3 Å². The molecule has 0 bridgehead atoms. The Kier molecular flexibility index (Phi) is 4.77. The van der Waals surface area contributed by atoms with Crippen LogP contribution in [-0.4, -0.2) is 9.78 Å². The molecule has 0 spiro atoms. The van der Waals surface area contributed by atoms with Crippen LogP contribution in [0.2, 0.25) is 0 Å². The molecule has 0 amide bonds. The van der Waals surface area contributed by atoms with Crippen molar-refractivity contribution in [1.29, 1.82) is 5.26 Å². The number of nitrogens with zero attached hydrogens (tertiary/aromatic N) is 3. The van der Waals surface area contributed by atoms with Crippen LogP contribution in [0.4, 0.5) is 0 Å². The predicted octanol–water partition coefficient (Wildman–Crippen LogP) is 3.24. The zero-order valence-corrected chi connectivity index (χ0v) is 13.1. The first kappa shape index (κ1) is 15.3. The largest absolute Gasteiger partial charge is 0.306 e. The van der Waals surface area contributed by atoms with Gasteiger partial charge in [0, 0.05) is 30.4 Å². The topological polar surface area (TPSA) is 53.6 Å². The van der Waals surface area contributed by atoms with Crippen LogP contribution < -0.4 is 5.32 Å². The van der Waals surface area contributed by atoms with Crippen LogP contribution in [0.25, 0.3) is 0 Å². The molecule has 1 atom stereocenters. The van der Waals surface area contributed by atoms with Gasteiger partial charge in [0.1, 0.15) is 0 Å². The lowest BCUT2D eigenvalue weighted by Gasteiger charge is -2.15. The van der Waals surface area contributed by atoms with E-state index in [0.29, 0.717) is 5.56 Å². The Morgan fingerprint density at radius 2 is 2.14 bits per heavy atom. The van der Waals surface area contributed by atoms with Gasteiger partial charge in [0.2, 0.25) is 0 Å². The van der Waals surface area contributed by atoms with Gasteiger partial charge in [0.15, 0.2) is 0 Å². The number of nitriles is 1. The maximum Gasteiger partial charge on any atom is 0.0991 e. The number of aromatic nitrogens is 2. The quantitative estimate of drug-likeness (QED) is 0.916. The second-order valence-corrected chi connectivity index (χ2v) is 5.32. The summed E-state index contributed by atoms with van der Waals surface area (Å²) < 4.78 is 2.04. The number of nitrogens with one attached hydrogen (secondary N) is 1. The van der Waals surface area contributed by atoms with Crippen molar-refractivity contribution >= 4 is 0 Å². The van der Waals surface area contributed by atoms with Gasteiger partial charge in [-0.05, 0) is 45.4 Å². The molecule has 2 rings (SSSR count). The van der Waals surface area contributed by atoms with Gasteiger partial charge in [-0.25, -0.2) is 0 Å². The van der Waals surface area contributed by atoms with Crippen molar-refractivity contribution in [2.45, 2.75) is 46.8 Å². The molecule has 0 saturated carbocycles. The third-order valence-corrected chi connectivity index (χ3v) is 3.84. The monoisotopic (exact) mass is 282 g/mol. The Morgan fingerprint density at radius 3 is 2.76 bits per heavy atom. The Labute approximate surface area is 126 Å². The lowest BCUT2D eigenvalue weighted by molar-refractivity contribution is 0.566. The predicted molar refractivity (Wildman–Crippen MR) is 83.8 cm³/mol. The minimum Gasteiger partial charge on any atom is -0.306 e. The zero-order chi connectivity index (χ0) is 15.4. The lowest BCUT2D eigenvalue weighted by Crippen LogP contribution is -2.19. The zero-order valence-electron chi connectivity index (χ0n) is 13.1. The molecule has 1 aromatic carbocycles. The fourth-order valence-corrected chi connectivity index (χ4v) is 2.77. The highest BCUT2D eigenvalue weighted by Crippen LogP contribution is 2.21. The third kappa shape index (κ3) is 3.32. The van der Waals surface area contributed by atoms with E-state index in [9.17, 15) is 0 Å². The van der Waals surface area contributed by atoms with E-state index < -0.39 is 0 Å². The molecule has 0 radical (unpaired) electrons. The Balaban J connectivity index is 2.10. The summed E-state index contributed by atoms with van der Waals surface area (Å²) in [5.74, 6) is 0. The van der Waals surface area contributed by atoms with Crippen molar-refractivity contribution in [1.82, 2.24) is 15.1 Å². The molecule has 4 heteroatoms. The van der Waals surface area contributed by atoms with Gasteiger partial charge in [-0.1, -0.05) is 12.1 Å². The second-order valence-electron chi connectivity index (χ2n) is 5.32. The molecule has 0 saturated heterocycles. The molecule has 0 aliphatic heterocycles. The molecule has 0 fully saturated rings. The fourth-order valence-electron chi connectivity index (χ4n) is 2.77. The van der Waals surface area contributed by atoms with E-state index >= 15 is 0 Å². The molecular weight excluding hydrogens is 260 g/mol. The fraction of sp³-hybridized carbons (Fsp3) is 0.412. The summed E-state index contributed by atoms with van der Waals surface area (Å²) in [7, 11) is 0. The molecular formula is C17H22N4. The van der Waals surface area contributed by atoms with Crippen molar-refractivity contribution in [3.8, 4) is 6.07 Å². The number of hydrogen-bond acceptors (Lipinski definition) is 3. The van der Waals surface area contributed by atoms with Crippen LogP contribution in [0.15, 0.2) is 24.3 Å². The van der Waals surface area contributed by atoms with Crippen LogP contribution in [0.5, 0.6) is 0 Å². The van der Waals surface area contributed by atoms with E-state index in [-0.39, 0.29) is 6.04 Å². The summed E-state index contributed by atoms with van der Waals surface area (Å²) in [4.78, 5) is 0. The SMILES string of the molecule is CCn1nc(C)c(C(C)NCc2cccc(C#N)c2)c1C.